The van der Waals surface area contributed by atoms with E-state index in [0.29, 0.717) is 6.54 Å². The zero-order valence-electron chi connectivity index (χ0n) is 11.4. The monoisotopic (exact) mass is 258 g/mol. The highest BCUT2D eigenvalue weighted by atomic mass is 16.5. The lowest BCUT2D eigenvalue weighted by Gasteiger charge is -2.03. The van der Waals surface area contributed by atoms with Crippen molar-refractivity contribution in [3.05, 3.63) is 65.7 Å². The van der Waals surface area contributed by atoms with E-state index in [0.717, 1.165) is 24.3 Å². The number of hydrogen-bond donors (Lipinski definition) is 2. The van der Waals surface area contributed by atoms with Crippen molar-refractivity contribution in [2.75, 3.05) is 13.7 Å². The van der Waals surface area contributed by atoms with E-state index in [1.165, 1.54) is 5.56 Å². The Morgan fingerprint density at radius 2 is 1.53 bits per heavy atom. The number of nitrogens with two attached hydrogens (primary N) is 2. The highest BCUT2D eigenvalue weighted by Crippen LogP contribution is 2.15. The van der Waals surface area contributed by atoms with Gasteiger partial charge in [-0.25, -0.2) is 0 Å². The summed E-state index contributed by atoms with van der Waals surface area (Å²) in [4.78, 5) is 0. The third-order valence-corrected chi connectivity index (χ3v) is 2.69. The first-order chi connectivity index (χ1) is 9.31. The predicted octanol–water partition coefficient (Wildman–Crippen LogP) is 2.34. The molecule has 0 radical (unpaired) electrons. The van der Waals surface area contributed by atoms with E-state index in [1.807, 2.05) is 42.5 Å². The summed E-state index contributed by atoms with van der Waals surface area (Å²) >= 11 is 0. The van der Waals surface area contributed by atoms with Gasteiger partial charge in [-0.15, -0.1) is 0 Å². The summed E-state index contributed by atoms with van der Waals surface area (Å²) in [5.74, 6) is 0.866. The molecular formula is C16H22N2O. The average molecular weight is 258 g/mol. The molecule has 0 aliphatic heterocycles. The second-order valence-electron chi connectivity index (χ2n) is 4.04. The van der Waals surface area contributed by atoms with Crippen molar-refractivity contribution in [1.82, 2.24) is 0 Å². The highest BCUT2D eigenvalue weighted by molar-refractivity contribution is 5.32. The van der Waals surface area contributed by atoms with Gasteiger partial charge in [-0.3, -0.25) is 0 Å². The molecule has 0 aliphatic carbocycles. The topological polar surface area (TPSA) is 61.3 Å². The fourth-order valence-corrected chi connectivity index (χ4v) is 1.68. The van der Waals surface area contributed by atoms with Gasteiger partial charge in [0.1, 0.15) is 5.75 Å². The third-order valence-electron chi connectivity index (χ3n) is 2.69. The SMILES string of the molecule is COc1ccccc1CN.NCCc1ccccc1. The van der Waals surface area contributed by atoms with E-state index in [1.54, 1.807) is 7.11 Å². The van der Waals surface area contributed by atoms with Crippen LogP contribution in [0, 0.1) is 0 Å². The minimum atomic E-state index is 0.532. The maximum atomic E-state index is 5.45. The van der Waals surface area contributed by atoms with Crippen LogP contribution in [0.15, 0.2) is 54.6 Å². The van der Waals surface area contributed by atoms with Crippen LogP contribution in [0.4, 0.5) is 0 Å². The predicted molar refractivity (Wildman–Crippen MR) is 80.1 cm³/mol. The van der Waals surface area contributed by atoms with Crippen molar-refractivity contribution in [3.63, 3.8) is 0 Å². The Labute approximate surface area is 115 Å². The molecule has 0 aliphatic rings. The highest BCUT2D eigenvalue weighted by Gasteiger charge is 1.95. The lowest BCUT2D eigenvalue weighted by Crippen LogP contribution is -2.01. The van der Waals surface area contributed by atoms with Crippen molar-refractivity contribution in [2.45, 2.75) is 13.0 Å². The van der Waals surface area contributed by atoms with Gasteiger partial charge in [0.2, 0.25) is 0 Å². The number of ether oxygens (including phenoxy) is 1. The summed E-state index contributed by atoms with van der Waals surface area (Å²) in [5.41, 5.74) is 13.2. The number of benzene rings is 2. The van der Waals surface area contributed by atoms with Crippen molar-refractivity contribution in [1.29, 1.82) is 0 Å². The van der Waals surface area contributed by atoms with Crippen LogP contribution in [0.5, 0.6) is 5.75 Å². The van der Waals surface area contributed by atoms with E-state index < -0.39 is 0 Å². The molecule has 0 unspecified atom stereocenters. The van der Waals surface area contributed by atoms with Crippen LogP contribution >= 0.6 is 0 Å². The fourth-order valence-electron chi connectivity index (χ4n) is 1.68. The summed E-state index contributed by atoms with van der Waals surface area (Å²) in [6.07, 6.45) is 0.987. The summed E-state index contributed by atoms with van der Waals surface area (Å²) in [7, 11) is 1.65. The number of hydrogen-bond acceptors (Lipinski definition) is 3. The van der Waals surface area contributed by atoms with Crippen molar-refractivity contribution in [2.24, 2.45) is 11.5 Å². The smallest absolute Gasteiger partial charge is 0.123 e. The molecule has 0 bridgehead atoms. The zero-order chi connectivity index (χ0) is 13.9. The molecule has 0 saturated heterocycles. The summed E-state index contributed by atoms with van der Waals surface area (Å²) in [6.45, 7) is 1.27. The number of para-hydroxylation sites is 1. The largest absolute Gasteiger partial charge is 0.496 e. The molecule has 0 saturated carbocycles. The molecule has 19 heavy (non-hydrogen) atoms. The lowest BCUT2D eigenvalue weighted by molar-refractivity contribution is 0.410. The van der Waals surface area contributed by atoms with Gasteiger partial charge in [-0.1, -0.05) is 48.5 Å². The maximum absolute atomic E-state index is 5.45. The standard InChI is InChI=1S/C8H11NO.C8H11N/c1-10-8-5-3-2-4-7(8)6-9;9-7-6-8-4-2-1-3-5-8/h2-5H,6,9H2,1H3;1-5H,6-7,9H2. The first-order valence-electron chi connectivity index (χ1n) is 6.37. The number of methoxy groups -OCH3 is 1. The molecular weight excluding hydrogens is 236 g/mol. The van der Waals surface area contributed by atoms with E-state index in [9.17, 15) is 0 Å². The van der Waals surface area contributed by atoms with Gasteiger partial charge in [0.05, 0.1) is 7.11 Å². The van der Waals surface area contributed by atoms with Crippen molar-refractivity contribution < 1.29 is 4.74 Å². The molecule has 3 heteroatoms. The van der Waals surface area contributed by atoms with Crippen LogP contribution in [0.2, 0.25) is 0 Å². The molecule has 2 aromatic rings. The van der Waals surface area contributed by atoms with Gasteiger partial charge in [-0.2, -0.15) is 0 Å². The van der Waals surface area contributed by atoms with E-state index in [-0.39, 0.29) is 0 Å². The molecule has 0 aromatic heterocycles. The van der Waals surface area contributed by atoms with Gasteiger partial charge in [-0.05, 0) is 24.6 Å². The minimum absolute atomic E-state index is 0.532. The van der Waals surface area contributed by atoms with Crippen LogP contribution in [-0.2, 0) is 13.0 Å². The lowest BCUT2D eigenvalue weighted by atomic mass is 10.2. The van der Waals surface area contributed by atoms with Gasteiger partial charge in [0.25, 0.3) is 0 Å². The van der Waals surface area contributed by atoms with E-state index in [2.05, 4.69) is 12.1 Å². The van der Waals surface area contributed by atoms with Crippen molar-refractivity contribution in [3.8, 4) is 5.75 Å². The van der Waals surface area contributed by atoms with E-state index in [4.69, 9.17) is 16.2 Å². The Bertz CT molecular complexity index is 434. The minimum Gasteiger partial charge on any atom is -0.496 e. The Hall–Kier alpha value is -1.84. The van der Waals surface area contributed by atoms with Gasteiger partial charge in [0.15, 0.2) is 0 Å². The summed E-state index contributed by atoms with van der Waals surface area (Å²) in [5, 5.41) is 0. The molecule has 3 nitrogen and oxygen atoms in total. The van der Waals surface area contributed by atoms with Crippen LogP contribution in [-0.4, -0.2) is 13.7 Å². The Morgan fingerprint density at radius 1 is 0.895 bits per heavy atom. The van der Waals surface area contributed by atoms with Gasteiger partial charge >= 0.3 is 0 Å². The van der Waals surface area contributed by atoms with Crippen LogP contribution in [0.25, 0.3) is 0 Å². The Kier molecular flexibility index (Phi) is 7.32. The van der Waals surface area contributed by atoms with Crippen LogP contribution in [0.1, 0.15) is 11.1 Å². The van der Waals surface area contributed by atoms with Crippen LogP contribution in [0.3, 0.4) is 0 Å². The first kappa shape index (κ1) is 15.2. The zero-order valence-corrected chi connectivity index (χ0v) is 11.4. The Balaban J connectivity index is 0.000000191. The molecule has 0 fully saturated rings. The molecule has 2 rings (SSSR count). The van der Waals surface area contributed by atoms with Gasteiger partial charge in [0, 0.05) is 12.1 Å². The first-order valence-corrected chi connectivity index (χ1v) is 6.37. The molecule has 102 valence electrons. The van der Waals surface area contributed by atoms with Crippen LogP contribution < -0.4 is 16.2 Å². The molecule has 2 aromatic carbocycles. The third kappa shape index (κ3) is 5.55. The Morgan fingerprint density at radius 3 is 2.05 bits per heavy atom. The summed E-state index contributed by atoms with van der Waals surface area (Å²) < 4.78 is 5.06. The molecule has 0 heterocycles. The quantitative estimate of drug-likeness (QED) is 0.885. The maximum Gasteiger partial charge on any atom is 0.123 e. The fraction of sp³-hybridized carbons (Fsp3) is 0.250. The van der Waals surface area contributed by atoms with Gasteiger partial charge < -0.3 is 16.2 Å². The molecule has 0 spiro atoms. The normalized spacial score (nSPS) is 9.42. The molecule has 0 amide bonds. The number of rotatable bonds is 4. The van der Waals surface area contributed by atoms with Crippen molar-refractivity contribution >= 4 is 0 Å². The molecule has 4 N–H and O–H groups in total. The second kappa shape index (κ2) is 9.14. The molecule has 0 atom stereocenters. The summed E-state index contributed by atoms with van der Waals surface area (Å²) in [6, 6.07) is 18.0. The second-order valence-corrected chi connectivity index (χ2v) is 4.04. The van der Waals surface area contributed by atoms with E-state index >= 15 is 0 Å². The average Bonchev–Trinajstić information content (AvgIpc) is 2.49.